The predicted molar refractivity (Wildman–Crippen MR) is 78.9 cm³/mol. The van der Waals surface area contributed by atoms with E-state index in [4.69, 9.17) is 0 Å². The molecule has 1 aromatic carbocycles. The lowest BCUT2D eigenvalue weighted by Gasteiger charge is -2.21. The first kappa shape index (κ1) is 15.0. The molecule has 0 fully saturated rings. The molecule has 0 aliphatic rings. The van der Waals surface area contributed by atoms with Crippen molar-refractivity contribution in [1.29, 1.82) is 0 Å². The Hall–Kier alpha value is -1.03. The van der Waals surface area contributed by atoms with Crippen molar-refractivity contribution >= 4 is 22.0 Å². The summed E-state index contributed by atoms with van der Waals surface area (Å²) < 4.78 is 1.07. The van der Waals surface area contributed by atoms with E-state index in [1.54, 1.807) is 4.90 Å². The molecule has 0 saturated carbocycles. The van der Waals surface area contributed by atoms with Gasteiger partial charge in [-0.05, 0) is 37.5 Å². The van der Waals surface area contributed by atoms with Gasteiger partial charge in [0.2, 0.25) is 0 Å². The second kappa shape index (κ2) is 7.41. The molecule has 0 saturated heterocycles. The van der Waals surface area contributed by atoms with Crippen molar-refractivity contribution in [3.63, 3.8) is 0 Å². The van der Waals surface area contributed by atoms with E-state index in [0.717, 1.165) is 17.6 Å². The molecule has 1 N–H and O–H groups in total. The third-order valence-electron chi connectivity index (χ3n) is 3.05. The molecule has 0 heterocycles. The fourth-order valence-corrected chi connectivity index (χ4v) is 2.04. The molecule has 18 heavy (non-hydrogen) atoms. The van der Waals surface area contributed by atoms with E-state index in [9.17, 15) is 4.79 Å². The van der Waals surface area contributed by atoms with Crippen LogP contribution in [0.25, 0.3) is 0 Å². The third-order valence-corrected chi connectivity index (χ3v) is 3.58. The van der Waals surface area contributed by atoms with E-state index in [1.807, 2.05) is 26.0 Å². The molecule has 0 bridgehead atoms. The van der Waals surface area contributed by atoms with Crippen LogP contribution in [0.1, 0.15) is 32.3 Å². The fourth-order valence-electron chi connectivity index (χ4n) is 1.77. The van der Waals surface area contributed by atoms with Crippen LogP contribution in [-0.2, 0) is 0 Å². The molecule has 1 aromatic rings. The summed E-state index contributed by atoms with van der Waals surface area (Å²) in [6.45, 7) is 8.25. The molecule has 1 rings (SSSR count). The van der Waals surface area contributed by atoms with Gasteiger partial charge in [-0.15, -0.1) is 0 Å². The smallest absolute Gasteiger partial charge is 0.317 e. The van der Waals surface area contributed by atoms with Gasteiger partial charge >= 0.3 is 6.03 Å². The number of nitrogens with zero attached hydrogens (tertiary/aromatic N) is 1. The van der Waals surface area contributed by atoms with Gasteiger partial charge in [0.15, 0.2) is 0 Å². The minimum Gasteiger partial charge on any atom is -0.337 e. The van der Waals surface area contributed by atoms with Gasteiger partial charge in [0.05, 0.1) is 0 Å². The quantitative estimate of drug-likeness (QED) is 0.885. The summed E-state index contributed by atoms with van der Waals surface area (Å²) in [5.74, 6) is 0.317. The van der Waals surface area contributed by atoms with E-state index in [1.165, 1.54) is 5.56 Å². The zero-order valence-corrected chi connectivity index (χ0v) is 12.8. The summed E-state index contributed by atoms with van der Waals surface area (Å²) in [5, 5.41) is 2.97. The number of amides is 2. The van der Waals surface area contributed by atoms with Crippen LogP contribution in [0.3, 0.4) is 0 Å². The standard InChI is InChI=1S/C14H21BrN2O/c1-4-17(5-2)14(18)16-10-11(3)12-6-8-13(15)9-7-12/h6-9,11H,4-5,10H2,1-3H3,(H,16,18). The van der Waals surface area contributed by atoms with Crippen LogP contribution >= 0.6 is 15.9 Å². The number of hydrogen-bond donors (Lipinski definition) is 1. The molecule has 0 radical (unpaired) electrons. The first-order valence-corrected chi connectivity index (χ1v) is 7.16. The van der Waals surface area contributed by atoms with Crippen molar-refractivity contribution in [3.8, 4) is 0 Å². The van der Waals surface area contributed by atoms with Crippen LogP contribution in [0.5, 0.6) is 0 Å². The molecule has 4 heteroatoms. The molecule has 0 aliphatic carbocycles. The average Bonchev–Trinajstić information content (AvgIpc) is 2.38. The zero-order chi connectivity index (χ0) is 13.5. The van der Waals surface area contributed by atoms with Crippen LogP contribution in [0, 0.1) is 0 Å². The molecular weight excluding hydrogens is 292 g/mol. The van der Waals surface area contributed by atoms with Crippen molar-refractivity contribution < 1.29 is 4.79 Å². The Kier molecular flexibility index (Phi) is 6.19. The molecule has 0 spiro atoms. The number of rotatable bonds is 5. The summed E-state index contributed by atoms with van der Waals surface area (Å²) in [4.78, 5) is 13.6. The van der Waals surface area contributed by atoms with Crippen LogP contribution in [-0.4, -0.2) is 30.6 Å². The Morgan fingerprint density at radius 2 is 1.83 bits per heavy atom. The highest BCUT2D eigenvalue weighted by Gasteiger charge is 2.11. The number of urea groups is 1. The summed E-state index contributed by atoms with van der Waals surface area (Å²) in [7, 11) is 0. The van der Waals surface area contributed by atoms with Crippen molar-refractivity contribution in [1.82, 2.24) is 10.2 Å². The Bertz CT molecular complexity index is 374. The third kappa shape index (κ3) is 4.33. The lowest BCUT2D eigenvalue weighted by atomic mass is 10.0. The Labute approximate surface area is 118 Å². The van der Waals surface area contributed by atoms with Gasteiger partial charge < -0.3 is 10.2 Å². The van der Waals surface area contributed by atoms with Gasteiger partial charge in [-0.25, -0.2) is 4.79 Å². The minimum absolute atomic E-state index is 0.0176. The second-order valence-electron chi connectivity index (χ2n) is 4.31. The van der Waals surface area contributed by atoms with Crippen LogP contribution in [0.2, 0.25) is 0 Å². The van der Waals surface area contributed by atoms with E-state index in [-0.39, 0.29) is 6.03 Å². The number of carbonyl (C=O) groups excluding carboxylic acids is 1. The summed E-state index contributed by atoms with van der Waals surface area (Å²) in [6.07, 6.45) is 0. The molecule has 2 amide bonds. The van der Waals surface area contributed by atoms with Gasteiger partial charge in [0.1, 0.15) is 0 Å². The maximum atomic E-state index is 11.8. The summed E-state index contributed by atoms with van der Waals surface area (Å²) in [6, 6.07) is 8.23. The van der Waals surface area contributed by atoms with Crippen molar-refractivity contribution in [2.45, 2.75) is 26.7 Å². The van der Waals surface area contributed by atoms with Gasteiger partial charge in [0.25, 0.3) is 0 Å². The number of nitrogens with one attached hydrogen (secondary N) is 1. The maximum Gasteiger partial charge on any atom is 0.317 e. The Balaban J connectivity index is 2.48. The number of benzene rings is 1. The fraction of sp³-hybridized carbons (Fsp3) is 0.500. The highest BCUT2D eigenvalue weighted by Crippen LogP contribution is 2.17. The summed E-state index contributed by atoms with van der Waals surface area (Å²) >= 11 is 3.42. The van der Waals surface area contributed by atoms with E-state index in [2.05, 4.69) is 40.3 Å². The van der Waals surface area contributed by atoms with E-state index >= 15 is 0 Å². The number of carbonyl (C=O) groups is 1. The molecule has 0 aromatic heterocycles. The lowest BCUT2D eigenvalue weighted by Crippen LogP contribution is -2.41. The van der Waals surface area contributed by atoms with E-state index < -0.39 is 0 Å². The van der Waals surface area contributed by atoms with Gasteiger partial charge in [-0.1, -0.05) is 35.0 Å². The minimum atomic E-state index is 0.0176. The molecule has 0 aliphatic heterocycles. The van der Waals surface area contributed by atoms with Crippen molar-refractivity contribution in [2.24, 2.45) is 0 Å². The highest BCUT2D eigenvalue weighted by molar-refractivity contribution is 9.10. The lowest BCUT2D eigenvalue weighted by molar-refractivity contribution is 0.203. The normalized spacial score (nSPS) is 12.0. The maximum absolute atomic E-state index is 11.8. The molecular formula is C14H21BrN2O. The SMILES string of the molecule is CCN(CC)C(=O)NCC(C)c1ccc(Br)cc1. The largest absolute Gasteiger partial charge is 0.337 e. The second-order valence-corrected chi connectivity index (χ2v) is 5.23. The zero-order valence-electron chi connectivity index (χ0n) is 11.2. The van der Waals surface area contributed by atoms with Gasteiger partial charge in [0, 0.05) is 24.1 Å². The monoisotopic (exact) mass is 312 g/mol. The first-order valence-electron chi connectivity index (χ1n) is 6.36. The molecule has 1 unspecified atom stereocenters. The first-order chi connectivity index (χ1) is 8.58. The highest BCUT2D eigenvalue weighted by atomic mass is 79.9. The summed E-state index contributed by atoms with van der Waals surface area (Å²) in [5.41, 5.74) is 1.23. The molecule has 100 valence electrons. The predicted octanol–water partition coefficient (Wildman–Crippen LogP) is 3.60. The molecule has 3 nitrogen and oxygen atoms in total. The van der Waals surface area contributed by atoms with Gasteiger partial charge in [-0.2, -0.15) is 0 Å². The number of halogens is 1. The van der Waals surface area contributed by atoms with Crippen LogP contribution < -0.4 is 5.32 Å². The van der Waals surface area contributed by atoms with Crippen LogP contribution in [0.15, 0.2) is 28.7 Å². The van der Waals surface area contributed by atoms with Crippen molar-refractivity contribution in [2.75, 3.05) is 19.6 Å². The molecule has 1 atom stereocenters. The van der Waals surface area contributed by atoms with Crippen molar-refractivity contribution in [3.05, 3.63) is 34.3 Å². The Morgan fingerprint density at radius 3 is 2.33 bits per heavy atom. The topological polar surface area (TPSA) is 32.3 Å². The Morgan fingerprint density at radius 1 is 1.28 bits per heavy atom. The number of hydrogen-bond acceptors (Lipinski definition) is 1. The van der Waals surface area contributed by atoms with Crippen LogP contribution in [0.4, 0.5) is 4.79 Å². The van der Waals surface area contributed by atoms with Gasteiger partial charge in [-0.3, -0.25) is 0 Å². The van der Waals surface area contributed by atoms with E-state index in [0.29, 0.717) is 12.5 Å². The average molecular weight is 313 g/mol.